The van der Waals surface area contributed by atoms with Gasteiger partial charge in [-0.15, -0.1) is 0 Å². The second kappa shape index (κ2) is 7.53. The molecule has 0 bridgehead atoms. The molecule has 4 heteroatoms. The van der Waals surface area contributed by atoms with E-state index >= 15 is 0 Å². The van der Waals surface area contributed by atoms with Crippen molar-refractivity contribution in [2.24, 2.45) is 5.92 Å². The van der Waals surface area contributed by atoms with Crippen molar-refractivity contribution in [2.45, 2.75) is 51.4 Å². The zero-order valence-electron chi connectivity index (χ0n) is 11.7. The first kappa shape index (κ1) is 15.2. The van der Waals surface area contributed by atoms with Crippen LogP contribution in [0.3, 0.4) is 0 Å². The van der Waals surface area contributed by atoms with E-state index in [1.165, 1.54) is 38.2 Å². The van der Waals surface area contributed by atoms with Gasteiger partial charge in [0, 0.05) is 12.1 Å². The number of benzene rings is 1. The van der Waals surface area contributed by atoms with E-state index in [2.05, 4.69) is 5.32 Å². The Labute approximate surface area is 125 Å². The summed E-state index contributed by atoms with van der Waals surface area (Å²) < 4.78 is 0. The molecule has 1 saturated carbocycles. The molecule has 1 fully saturated rings. The van der Waals surface area contributed by atoms with Gasteiger partial charge in [-0.1, -0.05) is 43.7 Å². The Hall–Kier alpha value is -1.22. The summed E-state index contributed by atoms with van der Waals surface area (Å²) >= 11 is 5.80. The fourth-order valence-corrected chi connectivity index (χ4v) is 3.02. The Morgan fingerprint density at radius 2 is 2.05 bits per heavy atom. The number of carbonyl (C=O) groups is 1. The van der Waals surface area contributed by atoms with Crippen molar-refractivity contribution in [1.29, 1.82) is 0 Å². The van der Waals surface area contributed by atoms with Gasteiger partial charge < -0.3 is 10.4 Å². The summed E-state index contributed by atoms with van der Waals surface area (Å²) in [6.07, 6.45) is 9.38. The molecule has 0 aromatic heterocycles. The number of hydrogen-bond acceptors (Lipinski definition) is 2. The molecule has 0 spiro atoms. The fraction of sp³-hybridized carbons (Fsp3) is 0.562. The molecule has 20 heavy (non-hydrogen) atoms. The maximum Gasteiger partial charge on any atom is 0.224 e. The lowest BCUT2D eigenvalue weighted by Crippen LogP contribution is -2.12. The van der Waals surface area contributed by atoms with Crippen LogP contribution in [0, 0.1) is 5.92 Å². The zero-order chi connectivity index (χ0) is 14.4. The number of carbonyl (C=O) groups excluding carboxylic acids is 1. The highest BCUT2D eigenvalue weighted by molar-refractivity contribution is 6.32. The van der Waals surface area contributed by atoms with Crippen molar-refractivity contribution >= 4 is 23.2 Å². The minimum Gasteiger partial charge on any atom is -0.506 e. The molecular weight excluding hydrogens is 274 g/mol. The Morgan fingerprint density at radius 3 is 2.75 bits per heavy atom. The Bertz CT molecular complexity index is 456. The van der Waals surface area contributed by atoms with Gasteiger partial charge in [-0.2, -0.15) is 0 Å². The van der Waals surface area contributed by atoms with Crippen molar-refractivity contribution in [1.82, 2.24) is 0 Å². The lowest BCUT2D eigenvalue weighted by atomic mass is 9.86. The van der Waals surface area contributed by atoms with Gasteiger partial charge in [-0.3, -0.25) is 4.79 Å². The SMILES string of the molecule is O=C(CCCC1CCCCC1)Nc1ccc(O)c(Cl)c1. The van der Waals surface area contributed by atoms with Crippen molar-refractivity contribution in [3.63, 3.8) is 0 Å². The zero-order valence-corrected chi connectivity index (χ0v) is 12.5. The van der Waals surface area contributed by atoms with Crippen LogP contribution >= 0.6 is 11.6 Å². The third-order valence-electron chi connectivity index (χ3n) is 3.97. The van der Waals surface area contributed by atoms with E-state index < -0.39 is 0 Å². The van der Waals surface area contributed by atoms with Gasteiger partial charge in [0.2, 0.25) is 5.91 Å². The molecule has 1 aliphatic rings. The molecule has 1 aromatic rings. The molecule has 0 aliphatic heterocycles. The summed E-state index contributed by atoms with van der Waals surface area (Å²) in [5.74, 6) is 0.865. The van der Waals surface area contributed by atoms with Crippen LogP contribution in [-0.4, -0.2) is 11.0 Å². The molecule has 110 valence electrons. The first-order chi connectivity index (χ1) is 9.65. The van der Waals surface area contributed by atoms with Crippen LogP contribution in [0.1, 0.15) is 51.4 Å². The Morgan fingerprint density at radius 1 is 1.30 bits per heavy atom. The van der Waals surface area contributed by atoms with Crippen LogP contribution in [0.2, 0.25) is 5.02 Å². The Kier molecular flexibility index (Phi) is 5.72. The summed E-state index contributed by atoms with van der Waals surface area (Å²) in [5, 5.41) is 12.4. The molecular formula is C16H22ClNO2. The van der Waals surface area contributed by atoms with E-state index in [1.807, 2.05) is 0 Å². The third-order valence-corrected chi connectivity index (χ3v) is 4.28. The van der Waals surface area contributed by atoms with Gasteiger partial charge in [0.1, 0.15) is 5.75 Å². The molecule has 0 unspecified atom stereocenters. The second-order valence-electron chi connectivity index (χ2n) is 5.61. The number of hydrogen-bond donors (Lipinski definition) is 2. The van der Waals surface area contributed by atoms with Gasteiger partial charge >= 0.3 is 0 Å². The highest BCUT2D eigenvalue weighted by atomic mass is 35.5. The average molecular weight is 296 g/mol. The molecule has 0 heterocycles. The van der Waals surface area contributed by atoms with E-state index in [0.29, 0.717) is 12.1 Å². The number of halogens is 1. The predicted molar refractivity (Wildman–Crippen MR) is 82.2 cm³/mol. The van der Waals surface area contributed by atoms with Crippen molar-refractivity contribution < 1.29 is 9.90 Å². The summed E-state index contributed by atoms with van der Waals surface area (Å²) in [6.45, 7) is 0. The average Bonchev–Trinajstić information content (AvgIpc) is 2.44. The minimum absolute atomic E-state index is 0.0163. The van der Waals surface area contributed by atoms with Crippen LogP contribution in [0.15, 0.2) is 18.2 Å². The maximum atomic E-state index is 11.8. The van der Waals surface area contributed by atoms with Gasteiger partial charge in [0.05, 0.1) is 5.02 Å². The lowest BCUT2D eigenvalue weighted by Gasteiger charge is -2.21. The predicted octanol–water partition coefficient (Wildman–Crippen LogP) is 4.73. The number of anilines is 1. The van der Waals surface area contributed by atoms with Crippen LogP contribution in [-0.2, 0) is 4.79 Å². The molecule has 1 aliphatic carbocycles. The van der Waals surface area contributed by atoms with E-state index in [9.17, 15) is 9.90 Å². The quantitative estimate of drug-likeness (QED) is 0.771. The molecule has 2 N–H and O–H groups in total. The van der Waals surface area contributed by atoms with Crippen molar-refractivity contribution in [3.8, 4) is 5.75 Å². The second-order valence-corrected chi connectivity index (χ2v) is 6.02. The molecule has 1 aromatic carbocycles. The van der Waals surface area contributed by atoms with Crippen LogP contribution in [0.25, 0.3) is 0 Å². The van der Waals surface area contributed by atoms with E-state index in [1.54, 1.807) is 12.1 Å². The molecule has 1 amide bonds. The standard InChI is InChI=1S/C16H22ClNO2/c17-14-11-13(9-10-15(14)19)18-16(20)8-4-7-12-5-2-1-3-6-12/h9-12,19H,1-8H2,(H,18,20). The molecule has 2 rings (SSSR count). The summed E-state index contributed by atoms with van der Waals surface area (Å²) in [6, 6.07) is 4.70. The lowest BCUT2D eigenvalue weighted by molar-refractivity contribution is -0.116. The number of phenols is 1. The summed E-state index contributed by atoms with van der Waals surface area (Å²) in [5.41, 5.74) is 0.635. The van der Waals surface area contributed by atoms with Crippen LogP contribution in [0.4, 0.5) is 5.69 Å². The highest BCUT2D eigenvalue weighted by Crippen LogP contribution is 2.28. The monoisotopic (exact) mass is 295 g/mol. The molecule has 3 nitrogen and oxygen atoms in total. The number of phenolic OH excluding ortho intramolecular Hbond substituents is 1. The largest absolute Gasteiger partial charge is 0.506 e. The normalized spacial score (nSPS) is 16.1. The van der Waals surface area contributed by atoms with Gasteiger partial charge in [-0.05, 0) is 37.0 Å². The first-order valence-electron chi connectivity index (χ1n) is 7.43. The van der Waals surface area contributed by atoms with Gasteiger partial charge in [0.25, 0.3) is 0 Å². The van der Waals surface area contributed by atoms with E-state index in [4.69, 9.17) is 11.6 Å². The topological polar surface area (TPSA) is 49.3 Å². The minimum atomic E-state index is 0.0163. The number of amides is 1. The van der Waals surface area contributed by atoms with Crippen LogP contribution < -0.4 is 5.32 Å². The summed E-state index contributed by atoms with van der Waals surface area (Å²) in [7, 11) is 0. The smallest absolute Gasteiger partial charge is 0.224 e. The number of rotatable bonds is 5. The van der Waals surface area contributed by atoms with Gasteiger partial charge in [0.15, 0.2) is 0 Å². The van der Waals surface area contributed by atoms with Crippen molar-refractivity contribution in [2.75, 3.05) is 5.32 Å². The maximum absolute atomic E-state index is 11.8. The van der Waals surface area contributed by atoms with Crippen LogP contribution in [0.5, 0.6) is 5.75 Å². The molecule has 0 saturated heterocycles. The third kappa shape index (κ3) is 4.71. The van der Waals surface area contributed by atoms with Crippen molar-refractivity contribution in [3.05, 3.63) is 23.2 Å². The fourth-order valence-electron chi connectivity index (χ4n) is 2.84. The molecule has 0 atom stereocenters. The first-order valence-corrected chi connectivity index (χ1v) is 7.81. The number of aromatic hydroxyl groups is 1. The van der Waals surface area contributed by atoms with E-state index in [0.717, 1.165) is 18.8 Å². The highest BCUT2D eigenvalue weighted by Gasteiger charge is 2.13. The molecule has 0 radical (unpaired) electrons. The van der Waals surface area contributed by atoms with E-state index in [-0.39, 0.29) is 16.7 Å². The Balaban J connectivity index is 1.70. The summed E-state index contributed by atoms with van der Waals surface area (Å²) in [4.78, 5) is 11.8. The number of nitrogens with one attached hydrogen (secondary N) is 1. The van der Waals surface area contributed by atoms with Gasteiger partial charge in [-0.25, -0.2) is 0 Å².